The summed E-state index contributed by atoms with van der Waals surface area (Å²) in [7, 11) is -1.12. The molecule has 0 radical (unpaired) electrons. The van der Waals surface area contributed by atoms with Crippen molar-refractivity contribution in [3.63, 3.8) is 0 Å². The van der Waals surface area contributed by atoms with E-state index in [1.807, 2.05) is 27.7 Å². The molecule has 0 aromatic carbocycles. The van der Waals surface area contributed by atoms with Gasteiger partial charge in [-0.2, -0.15) is 0 Å². The summed E-state index contributed by atoms with van der Waals surface area (Å²) in [5, 5.41) is 2.68. The largest absolute Gasteiger partial charge is 0.444 e. The predicted molar refractivity (Wildman–Crippen MR) is 90.8 cm³/mol. The van der Waals surface area contributed by atoms with Crippen LogP contribution in [0.1, 0.15) is 55.4 Å². The molecule has 0 bridgehead atoms. The van der Waals surface area contributed by atoms with E-state index in [-0.39, 0.29) is 0 Å². The first-order chi connectivity index (χ1) is 10.1. The van der Waals surface area contributed by atoms with Gasteiger partial charge in [0, 0.05) is 18.6 Å². The number of amides is 1. The maximum atomic E-state index is 11.6. The van der Waals surface area contributed by atoms with Gasteiger partial charge in [-0.05, 0) is 55.4 Å². The molecule has 22 heavy (non-hydrogen) atoms. The Labute approximate surface area is 136 Å². The Bertz CT molecular complexity index is 311. The molecule has 0 aromatic rings. The summed E-state index contributed by atoms with van der Waals surface area (Å²) in [4.78, 5) is 11.6. The number of nitrogens with zero attached hydrogens (tertiary/aromatic N) is 1. The van der Waals surface area contributed by atoms with E-state index in [1.54, 1.807) is 0 Å². The minimum Gasteiger partial charge on any atom is -0.444 e. The fourth-order valence-corrected chi connectivity index (χ4v) is 3.41. The lowest BCUT2D eigenvalue weighted by atomic mass is 10.2. The van der Waals surface area contributed by atoms with Crippen molar-refractivity contribution in [3.05, 3.63) is 0 Å². The molecule has 0 saturated heterocycles. The van der Waals surface area contributed by atoms with Crippen molar-refractivity contribution in [2.24, 2.45) is 0 Å². The Morgan fingerprint density at radius 1 is 1.14 bits per heavy atom. The van der Waals surface area contributed by atoms with E-state index in [1.165, 1.54) is 0 Å². The van der Waals surface area contributed by atoms with Gasteiger partial charge in [0.25, 0.3) is 8.53 Å². The van der Waals surface area contributed by atoms with Crippen LogP contribution in [0.25, 0.3) is 0 Å². The SMILES string of the molecule is CCOP(OCCNC(=O)OC(C)(C)C)N(C(C)C)C(C)C. The molecule has 1 N–H and O–H groups in total. The maximum Gasteiger partial charge on any atom is 0.407 e. The van der Waals surface area contributed by atoms with E-state index >= 15 is 0 Å². The van der Waals surface area contributed by atoms with Crippen LogP contribution in [0.2, 0.25) is 0 Å². The van der Waals surface area contributed by atoms with E-state index in [0.717, 1.165) is 0 Å². The monoisotopic (exact) mass is 336 g/mol. The van der Waals surface area contributed by atoms with Crippen LogP contribution in [0.4, 0.5) is 4.79 Å². The van der Waals surface area contributed by atoms with Gasteiger partial charge >= 0.3 is 6.09 Å². The molecule has 0 spiro atoms. The van der Waals surface area contributed by atoms with Crippen molar-refractivity contribution in [1.82, 2.24) is 9.99 Å². The molecule has 0 rings (SSSR count). The molecule has 7 heteroatoms. The zero-order valence-corrected chi connectivity index (χ0v) is 16.2. The van der Waals surface area contributed by atoms with Crippen LogP contribution < -0.4 is 5.32 Å². The Balaban J connectivity index is 4.28. The van der Waals surface area contributed by atoms with Crippen molar-refractivity contribution in [2.45, 2.75) is 73.1 Å². The summed E-state index contributed by atoms with van der Waals surface area (Å²) in [6, 6.07) is 0.660. The van der Waals surface area contributed by atoms with Crippen molar-refractivity contribution >= 4 is 14.6 Å². The molecule has 0 fully saturated rings. The number of ether oxygens (including phenoxy) is 1. The third kappa shape index (κ3) is 9.57. The number of rotatable bonds is 9. The molecule has 0 aromatic heterocycles. The first-order valence-electron chi connectivity index (χ1n) is 7.89. The first kappa shape index (κ1) is 21.6. The quantitative estimate of drug-likeness (QED) is 0.511. The van der Waals surface area contributed by atoms with Crippen LogP contribution in [0, 0.1) is 0 Å². The molecule has 1 atom stereocenters. The average molecular weight is 336 g/mol. The van der Waals surface area contributed by atoms with Gasteiger partial charge in [0.05, 0.1) is 13.2 Å². The summed E-state index contributed by atoms with van der Waals surface area (Å²) in [5.74, 6) is 0. The molecular weight excluding hydrogens is 303 g/mol. The maximum absolute atomic E-state index is 11.6. The number of hydrogen-bond acceptors (Lipinski definition) is 5. The van der Waals surface area contributed by atoms with Gasteiger partial charge < -0.3 is 19.1 Å². The number of alkyl carbamates (subject to hydrolysis) is 1. The second-order valence-corrected chi connectivity index (χ2v) is 7.94. The molecule has 132 valence electrons. The predicted octanol–water partition coefficient (Wildman–Crippen LogP) is 3.91. The standard InChI is InChI=1S/C15H33N2O4P/c1-9-19-22(17(12(2)3)13(4)5)20-11-10-16-14(18)21-15(6,7)8/h12-13H,9-11H2,1-8H3,(H,16,18). The molecule has 0 aliphatic carbocycles. The normalized spacial score (nSPS) is 13.8. The van der Waals surface area contributed by atoms with Crippen molar-refractivity contribution < 1.29 is 18.6 Å². The third-order valence-corrected chi connectivity index (χ3v) is 4.64. The highest BCUT2D eigenvalue weighted by Gasteiger charge is 2.26. The van der Waals surface area contributed by atoms with Crippen molar-refractivity contribution in [3.8, 4) is 0 Å². The molecular formula is C15H33N2O4P. The Morgan fingerprint density at radius 3 is 2.09 bits per heavy atom. The van der Waals surface area contributed by atoms with Crippen molar-refractivity contribution in [2.75, 3.05) is 19.8 Å². The summed E-state index contributed by atoms with van der Waals surface area (Å²) in [6.07, 6.45) is -0.429. The van der Waals surface area contributed by atoms with Crippen LogP contribution >= 0.6 is 8.53 Å². The van der Waals surface area contributed by atoms with Gasteiger partial charge in [0.15, 0.2) is 0 Å². The first-order valence-corrected chi connectivity index (χ1v) is 9.02. The highest BCUT2D eigenvalue weighted by molar-refractivity contribution is 7.44. The van der Waals surface area contributed by atoms with E-state index in [9.17, 15) is 4.79 Å². The van der Waals surface area contributed by atoms with Gasteiger partial charge in [-0.3, -0.25) is 0 Å². The summed E-state index contributed by atoms with van der Waals surface area (Å²) >= 11 is 0. The third-order valence-electron chi connectivity index (χ3n) is 2.46. The van der Waals surface area contributed by atoms with E-state index < -0.39 is 20.2 Å². The number of carbonyl (C=O) groups excluding carboxylic acids is 1. The Hall–Kier alpha value is -0.420. The van der Waals surface area contributed by atoms with Gasteiger partial charge in [-0.1, -0.05) is 0 Å². The molecule has 1 amide bonds. The van der Waals surface area contributed by atoms with Crippen LogP contribution in [0.15, 0.2) is 0 Å². The fourth-order valence-electron chi connectivity index (χ4n) is 1.85. The number of carbonyl (C=O) groups is 1. The molecule has 1 unspecified atom stereocenters. The second-order valence-electron chi connectivity index (χ2n) is 6.49. The molecule has 0 aliphatic rings. The lowest BCUT2D eigenvalue weighted by molar-refractivity contribution is 0.0517. The molecule has 0 saturated carbocycles. The second kappa shape index (κ2) is 10.4. The molecule has 0 heterocycles. The van der Waals surface area contributed by atoms with Crippen LogP contribution in [0.5, 0.6) is 0 Å². The fraction of sp³-hybridized carbons (Fsp3) is 0.933. The zero-order chi connectivity index (χ0) is 17.3. The zero-order valence-electron chi connectivity index (χ0n) is 15.3. The topological polar surface area (TPSA) is 60.0 Å². The van der Waals surface area contributed by atoms with Gasteiger partial charge in [-0.15, -0.1) is 0 Å². The lowest BCUT2D eigenvalue weighted by Gasteiger charge is -2.35. The smallest absolute Gasteiger partial charge is 0.407 e. The van der Waals surface area contributed by atoms with Gasteiger partial charge in [-0.25, -0.2) is 9.46 Å². The Morgan fingerprint density at radius 2 is 1.68 bits per heavy atom. The lowest BCUT2D eigenvalue weighted by Crippen LogP contribution is -2.36. The van der Waals surface area contributed by atoms with Gasteiger partial charge in [0.2, 0.25) is 0 Å². The highest BCUT2D eigenvalue weighted by atomic mass is 31.2. The number of hydrogen-bond donors (Lipinski definition) is 1. The molecule has 0 aliphatic heterocycles. The number of nitrogens with one attached hydrogen (secondary N) is 1. The van der Waals surface area contributed by atoms with Crippen LogP contribution in [-0.2, 0) is 13.8 Å². The average Bonchev–Trinajstić information content (AvgIpc) is 2.31. The van der Waals surface area contributed by atoms with Crippen LogP contribution in [0.3, 0.4) is 0 Å². The minimum atomic E-state index is -1.12. The van der Waals surface area contributed by atoms with E-state index in [4.69, 9.17) is 13.8 Å². The minimum absolute atomic E-state index is 0.330. The van der Waals surface area contributed by atoms with E-state index in [2.05, 4.69) is 37.7 Å². The van der Waals surface area contributed by atoms with Crippen LogP contribution in [-0.4, -0.2) is 48.2 Å². The summed E-state index contributed by atoms with van der Waals surface area (Å²) in [6.45, 7) is 17.3. The summed E-state index contributed by atoms with van der Waals surface area (Å²) < 4.78 is 19.0. The van der Waals surface area contributed by atoms with E-state index in [0.29, 0.717) is 31.8 Å². The highest BCUT2D eigenvalue weighted by Crippen LogP contribution is 2.45. The molecule has 6 nitrogen and oxygen atoms in total. The summed E-state index contributed by atoms with van der Waals surface area (Å²) in [5.41, 5.74) is -0.491. The van der Waals surface area contributed by atoms with Crippen molar-refractivity contribution in [1.29, 1.82) is 0 Å². The Kier molecular flexibility index (Phi) is 10.2. The van der Waals surface area contributed by atoms with Gasteiger partial charge in [0.1, 0.15) is 5.60 Å².